The Hall–Kier alpha value is -0.910. The second-order valence-corrected chi connectivity index (χ2v) is 2.55. The summed E-state index contributed by atoms with van der Waals surface area (Å²) >= 11 is 0. The summed E-state index contributed by atoms with van der Waals surface area (Å²) in [6.45, 7) is 5.83. The van der Waals surface area contributed by atoms with Gasteiger partial charge in [-0.15, -0.1) is 0 Å². The summed E-state index contributed by atoms with van der Waals surface area (Å²) in [5.41, 5.74) is 0.376. The second-order valence-electron chi connectivity index (χ2n) is 2.55. The standard InChI is InChI=1S/C9H16O5/c1-8(2)9(10)14-5-4-12-7-13-6-11-3/h1,4-7H2,2-3H3. The van der Waals surface area contributed by atoms with E-state index >= 15 is 0 Å². The van der Waals surface area contributed by atoms with Crippen molar-refractivity contribution in [2.75, 3.05) is 33.9 Å². The van der Waals surface area contributed by atoms with Crippen LogP contribution in [0, 0.1) is 0 Å². The van der Waals surface area contributed by atoms with Crippen LogP contribution in [0.2, 0.25) is 0 Å². The van der Waals surface area contributed by atoms with Gasteiger partial charge in [-0.05, 0) is 6.92 Å². The molecular formula is C9H16O5. The van der Waals surface area contributed by atoms with E-state index in [2.05, 4.69) is 11.3 Å². The molecule has 0 unspecified atom stereocenters. The van der Waals surface area contributed by atoms with E-state index in [0.29, 0.717) is 12.2 Å². The molecule has 0 fully saturated rings. The maximum absolute atomic E-state index is 10.8. The van der Waals surface area contributed by atoms with Crippen LogP contribution in [0.1, 0.15) is 6.92 Å². The van der Waals surface area contributed by atoms with Crippen LogP contribution in [0.3, 0.4) is 0 Å². The van der Waals surface area contributed by atoms with Gasteiger partial charge in [-0.2, -0.15) is 0 Å². The minimum absolute atomic E-state index is 0.123. The van der Waals surface area contributed by atoms with E-state index in [1.807, 2.05) is 0 Å². The van der Waals surface area contributed by atoms with E-state index in [-0.39, 0.29) is 20.2 Å². The lowest BCUT2D eigenvalue weighted by molar-refractivity contribution is -0.147. The van der Waals surface area contributed by atoms with Crippen molar-refractivity contribution in [1.29, 1.82) is 0 Å². The lowest BCUT2D eigenvalue weighted by Crippen LogP contribution is -2.12. The Morgan fingerprint density at radius 3 is 2.50 bits per heavy atom. The molecule has 5 heteroatoms. The molecule has 82 valence electrons. The highest BCUT2D eigenvalue weighted by Crippen LogP contribution is 1.91. The van der Waals surface area contributed by atoms with Crippen LogP contribution < -0.4 is 0 Å². The fraction of sp³-hybridized carbons (Fsp3) is 0.667. The van der Waals surface area contributed by atoms with Crippen molar-refractivity contribution in [3.05, 3.63) is 12.2 Å². The third-order valence-corrected chi connectivity index (χ3v) is 1.18. The molecule has 0 aliphatic heterocycles. The van der Waals surface area contributed by atoms with E-state index in [0.717, 1.165) is 0 Å². The molecule has 0 aliphatic carbocycles. The fourth-order valence-corrected chi connectivity index (χ4v) is 0.552. The Bertz CT molecular complexity index is 178. The first-order valence-corrected chi connectivity index (χ1v) is 4.15. The molecule has 0 N–H and O–H groups in total. The summed E-state index contributed by atoms with van der Waals surface area (Å²) in [7, 11) is 1.52. The number of carbonyl (C=O) groups excluding carboxylic acids is 1. The SMILES string of the molecule is C=C(C)C(=O)OCCOCOCOC. The molecular weight excluding hydrogens is 188 g/mol. The van der Waals surface area contributed by atoms with Gasteiger partial charge >= 0.3 is 5.97 Å². The van der Waals surface area contributed by atoms with E-state index in [1.165, 1.54) is 7.11 Å². The van der Waals surface area contributed by atoms with Gasteiger partial charge in [-0.25, -0.2) is 4.79 Å². The van der Waals surface area contributed by atoms with Crippen molar-refractivity contribution in [2.45, 2.75) is 6.92 Å². The van der Waals surface area contributed by atoms with Gasteiger partial charge in [-0.1, -0.05) is 6.58 Å². The van der Waals surface area contributed by atoms with Gasteiger partial charge in [0.25, 0.3) is 0 Å². The normalized spacial score (nSPS) is 9.86. The topological polar surface area (TPSA) is 54.0 Å². The highest BCUT2D eigenvalue weighted by molar-refractivity contribution is 5.86. The molecule has 0 aromatic rings. The van der Waals surface area contributed by atoms with Gasteiger partial charge in [0.15, 0.2) is 0 Å². The van der Waals surface area contributed by atoms with Crippen LogP contribution in [-0.2, 0) is 23.7 Å². The lowest BCUT2D eigenvalue weighted by atomic mass is 10.4. The van der Waals surface area contributed by atoms with Crippen LogP contribution >= 0.6 is 0 Å². The first kappa shape index (κ1) is 13.1. The Morgan fingerprint density at radius 1 is 1.21 bits per heavy atom. The molecule has 0 atom stereocenters. The van der Waals surface area contributed by atoms with Gasteiger partial charge in [0.1, 0.15) is 20.2 Å². The first-order valence-electron chi connectivity index (χ1n) is 4.15. The highest BCUT2D eigenvalue weighted by Gasteiger charge is 2.01. The number of rotatable bonds is 8. The number of methoxy groups -OCH3 is 1. The number of hydrogen-bond donors (Lipinski definition) is 0. The van der Waals surface area contributed by atoms with E-state index in [1.54, 1.807) is 6.92 Å². The van der Waals surface area contributed by atoms with Crippen LogP contribution in [0.4, 0.5) is 0 Å². The van der Waals surface area contributed by atoms with Crippen LogP contribution in [0.25, 0.3) is 0 Å². The van der Waals surface area contributed by atoms with Crippen LogP contribution in [0.15, 0.2) is 12.2 Å². The van der Waals surface area contributed by atoms with Gasteiger partial charge in [0.05, 0.1) is 6.61 Å². The monoisotopic (exact) mass is 204 g/mol. The van der Waals surface area contributed by atoms with Gasteiger partial charge in [-0.3, -0.25) is 0 Å². The van der Waals surface area contributed by atoms with Gasteiger partial charge in [0.2, 0.25) is 0 Å². The Morgan fingerprint density at radius 2 is 1.93 bits per heavy atom. The molecule has 0 aliphatic rings. The predicted molar refractivity (Wildman–Crippen MR) is 49.6 cm³/mol. The Kier molecular flexibility index (Phi) is 8.11. The second kappa shape index (κ2) is 8.68. The summed E-state index contributed by atoms with van der Waals surface area (Å²) in [4.78, 5) is 10.8. The molecule has 0 aromatic heterocycles. The molecule has 0 radical (unpaired) electrons. The summed E-state index contributed by atoms with van der Waals surface area (Å²) in [5, 5.41) is 0. The van der Waals surface area contributed by atoms with Crippen LogP contribution in [0.5, 0.6) is 0 Å². The zero-order chi connectivity index (χ0) is 10.8. The van der Waals surface area contributed by atoms with Crippen molar-refractivity contribution in [3.8, 4) is 0 Å². The van der Waals surface area contributed by atoms with Crippen molar-refractivity contribution in [3.63, 3.8) is 0 Å². The third-order valence-electron chi connectivity index (χ3n) is 1.18. The molecule has 0 spiro atoms. The number of hydrogen-bond acceptors (Lipinski definition) is 5. The molecule has 0 heterocycles. The minimum Gasteiger partial charge on any atom is -0.460 e. The summed E-state index contributed by atoms with van der Waals surface area (Å²) in [6.07, 6.45) is 0. The highest BCUT2D eigenvalue weighted by atomic mass is 16.7. The lowest BCUT2D eigenvalue weighted by Gasteiger charge is -2.05. The third kappa shape index (κ3) is 7.72. The smallest absolute Gasteiger partial charge is 0.333 e. The molecule has 0 amide bonds. The number of carbonyl (C=O) groups is 1. The van der Waals surface area contributed by atoms with Crippen molar-refractivity contribution < 1.29 is 23.7 Å². The minimum atomic E-state index is -0.411. The number of ether oxygens (including phenoxy) is 4. The molecule has 0 saturated heterocycles. The van der Waals surface area contributed by atoms with Crippen molar-refractivity contribution in [2.24, 2.45) is 0 Å². The zero-order valence-electron chi connectivity index (χ0n) is 8.58. The maximum atomic E-state index is 10.8. The van der Waals surface area contributed by atoms with Gasteiger partial charge in [0, 0.05) is 12.7 Å². The molecule has 0 aromatic carbocycles. The van der Waals surface area contributed by atoms with Crippen molar-refractivity contribution >= 4 is 5.97 Å². The average Bonchev–Trinajstić information content (AvgIpc) is 2.16. The van der Waals surface area contributed by atoms with E-state index < -0.39 is 5.97 Å². The summed E-state index contributed by atoms with van der Waals surface area (Å²) in [6, 6.07) is 0. The van der Waals surface area contributed by atoms with Gasteiger partial charge < -0.3 is 18.9 Å². The fourth-order valence-electron chi connectivity index (χ4n) is 0.552. The molecule has 5 nitrogen and oxygen atoms in total. The van der Waals surface area contributed by atoms with E-state index in [4.69, 9.17) is 14.2 Å². The summed E-state index contributed by atoms with van der Waals surface area (Å²) in [5.74, 6) is -0.411. The maximum Gasteiger partial charge on any atom is 0.333 e. The predicted octanol–water partition coefficient (Wildman–Crippen LogP) is 0.700. The molecule has 0 saturated carbocycles. The molecule has 14 heavy (non-hydrogen) atoms. The largest absolute Gasteiger partial charge is 0.460 e. The first-order chi connectivity index (χ1) is 6.68. The number of esters is 1. The quantitative estimate of drug-likeness (QED) is 0.252. The Balaban J connectivity index is 3.13. The molecule has 0 bridgehead atoms. The average molecular weight is 204 g/mol. The van der Waals surface area contributed by atoms with Crippen molar-refractivity contribution in [1.82, 2.24) is 0 Å². The summed E-state index contributed by atoms with van der Waals surface area (Å²) < 4.78 is 19.2. The van der Waals surface area contributed by atoms with Crippen LogP contribution in [-0.4, -0.2) is 39.9 Å². The van der Waals surface area contributed by atoms with E-state index in [9.17, 15) is 4.79 Å². The zero-order valence-corrected chi connectivity index (χ0v) is 8.58. The molecule has 0 rings (SSSR count). The Labute approximate surface area is 83.6 Å².